The molecule has 1 aromatic rings. The summed E-state index contributed by atoms with van der Waals surface area (Å²) in [5.74, 6) is -0.646. The maximum Gasteiger partial charge on any atom is 0.239 e. The quantitative estimate of drug-likeness (QED) is 0.794. The average Bonchev–Trinajstić information content (AvgIpc) is 2.38. The third kappa shape index (κ3) is 5.43. The van der Waals surface area contributed by atoms with Crippen molar-refractivity contribution in [1.82, 2.24) is 10.6 Å². The molecule has 2 N–H and O–H groups in total. The van der Waals surface area contributed by atoms with Gasteiger partial charge in [-0.2, -0.15) is 0 Å². The number of rotatable bonds is 6. The summed E-state index contributed by atoms with van der Waals surface area (Å²) in [6, 6.07) is 6.14. The van der Waals surface area contributed by atoms with Crippen LogP contribution < -0.4 is 10.6 Å². The van der Waals surface area contributed by atoms with Gasteiger partial charge < -0.3 is 10.6 Å². The van der Waals surface area contributed by atoms with Crippen molar-refractivity contribution in [3.05, 3.63) is 35.6 Å². The molecule has 0 fully saturated rings. The van der Waals surface area contributed by atoms with Crippen LogP contribution in [-0.4, -0.2) is 24.9 Å². The second kappa shape index (κ2) is 7.42. The van der Waals surface area contributed by atoms with E-state index in [-0.39, 0.29) is 24.2 Å². The number of benzene rings is 1. The van der Waals surface area contributed by atoms with Gasteiger partial charge in [0.2, 0.25) is 11.8 Å². The van der Waals surface area contributed by atoms with Gasteiger partial charge in [0.05, 0.1) is 6.54 Å². The summed E-state index contributed by atoms with van der Waals surface area (Å²) in [6.07, 6.45) is 0.997. The van der Waals surface area contributed by atoms with Gasteiger partial charge >= 0.3 is 0 Å². The molecule has 1 rings (SSSR count). The van der Waals surface area contributed by atoms with Gasteiger partial charge in [0.15, 0.2) is 0 Å². The van der Waals surface area contributed by atoms with Crippen LogP contribution in [0.5, 0.6) is 0 Å². The van der Waals surface area contributed by atoms with E-state index >= 15 is 0 Å². The number of halogens is 1. The molecule has 0 aliphatic heterocycles. The van der Waals surface area contributed by atoms with Gasteiger partial charge in [0.1, 0.15) is 5.82 Å². The Balaban J connectivity index is 2.19. The fraction of sp³-hybridized carbons (Fsp3) is 0.385. The molecule has 0 saturated heterocycles. The minimum Gasteiger partial charge on any atom is -0.354 e. The number of nitrogens with one attached hydrogen (secondary N) is 2. The van der Waals surface area contributed by atoms with E-state index in [9.17, 15) is 14.0 Å². The Hall–Kier alpha value is -1.91. The van der Waals surface area contributed by atoms with Crippen LogP contribution in [0, 0.1) is 5.82 Å². The number of hydrogen-bond acceptors (Lipinski definition) is 2. The average molecular weight is 252 g/mol. The monoisotopic (exact) mass is 252 g/mol. The summed E-state index contributed by atoms with van der Waals surface area (Å²) in [4.78, 5) is 22.2. The van der Waals surface area contributed by atoms with Gasteiger partial charge in [0, 0.05) is 13.0 Å². The highest BCUT2D eigenvalue weighted by Crippen LogP contribution is 2.02. The van der Waals surface area contributed by atoms with Crippen LogP contribution in [0.2, 0.25) is 0 Å². The van der Waals surface area contributed by atoms with Crippen LogP contribution in [0.3, 0.4) is 0 Å². The first-order valence-electron chi connectivity index (χ1n) is 5.89. The molecule has 0 radical (unpaired) electrons. The van der Waals surface area contributed by atoms with E-state index in [0.717, 1.165) is 5.56 Å². The molecule has 18 heavy (non-hydrogen) atoms. The molecule has 98 valence electrons. The second-order valence-corrected chi connectivity index (χ2v) is 3.86. The number of carbonyl (C=O) groups is 2. The van der Waals surface area contributed by atoms with Crippen LogP contribution in [0.1, 0.15) is 18.9 Å². The van der Waals surface area contributed by atoms with E-state index in [2.05, 4.69) is 10.6 Å². The Morgan fingerprint density at radius 2 is 1.78 bits per heavy atom. The fourth-order valence-electron chi connectivity index (χ4n) is 1.36. The molecule has 0 spiro atoms. The van der Waals surface area contributed by atoms with Crippen molar-refractivity contribution in [3.63, 3.8) is 0 Å². The Morgan fingerprint density at radius 3 is 2.39 bits per heavy atom. The van der Waals surface area contributed by atoms with E-state index in [4.69, 9.17) is 0 Å². The zero-order valence-corrected chi connectivity index (χ0v) is 10.3. The highest BCUT2D eigenvalue weighted by molar-refractivity contribution is 5.84. The summed E-state index contributed by atoms with van der Waals surface area (Å²) in [5.41, 5.74) is 0.953. The fourth-order valence-corrected chi connectivity index (χ4v) is 1.36. The van der Waals surface area contributed by atoms with Crippen molar-refractivity contribution in [2.45, 2.75) is 19.8 Å². The van der Waals surface area contributed by atoms with Gasteiger partial charge in [-0.3, -0.25) is 9.59 Å². The lowest BCUT2D eigenvalue weighted by Crippen LogP contribution is -2.37. The third-order valence-electron chi connectivity index (χ3n) is 2.42. The first-order chi connectivity index (χ1) is 8.61. The minimum atomic E-state index is -0.273. The molecule has 0 aliphatic carbocycles. The van der Waals surface area contributed by atoms with Crippen LogP contribution >= 0.6 is 0 Å². The predicted octanol–water partition coefficient (Wildman–Crippen LogP) is 1.01. The Labute approximate surface area is 106 Å². The number of amides is 2. The normalized spacial score (nSPS) is 9.89. The topological polar surface area (TPSA) is 58.2 Å². The van der Waals surface area contributed by atoms with Crippen molar-refractivity contribution < 1.29 is 14.0 Å². The SMILES string of the molecule is CCC(=O)NCC(=O)NCCc1ccc(F)cc1. The Morgan fingerprint density at radius 1 is 1.11 bits per heavy atom. The molecule has 0 aliphatic rings. The van der Waals surface area contributed by atoms with E-state index < -0.39 is 0 Å². The summed E-state index contributed by atoms with van der Waals surface area (Å²) in [7, 11) is 0. The number of hydrogen-bond donors (Lipinski definition) is 2. The van der Waals surface area contributed by atoms with Crippen molar-refractivity contribution >= 4 is 11.8 Å². The minimum absolute atomic E-state index is 0.00388. The van der Waals surface area contributed by atoms with E-state index in [0.29, 0.717) is 19.4 Å². The predicted molar refractivity (Wildman–Crippen MR) is 66.4 cm³/mol. The van der Waals surface area contributed by atoms with Crippen LogP contribution in [0.4, 0.5) is 4.39 Å². The van der Waals surface area contributed by atoms with Crippen molar-refractivity contribution in [1.29, 1.82) is 0 Å². The lowest BCUT2D eigenvalue weighted by molar-refractivity contribution is -0.125. The van der Waals surface area contributed by atoms with Crippen LogP contribution in [0.15, 0.2) is 24.3 Å². The van der Waals surface area contributed by atoms with Crippen molar-refractivity contribution in [2.24, 2.45) is 0 Å². The van der Waals surface area contributed by atoms with Gasteiger partial charge in [-0.25, -0.2) is 4.39 Å². The van der Waals surface area contributed by atoms with Gasteiger partial charge in [-0.15, -0.1) is 0 Å². The van der Waals surface area contributed by atoms with E-state index in [1.807, 2.05) is 0 Å². The van der Waals surface area contributed by atoms with Gasteiger partial charge in [-0.05, 0) is 24.1 Å². The molecule has 4 nitrogen and oxygen atoms in total. The molecule has 0 saturated carbocycles. The summed E-state index contributed by atoms with van der Waals surface area (Å²) < 4.78 is 12.6. The summed E-state index contributed by atoms with van der Waals surface area (Å²) in [5, 5.41) is 5.17. The molecule has 2 amide bonds. The molecule has 0 bridgehead atoms. The second-order valence-electron chi connectivity index (χ2n) is 3.86. The highest BCUT2D eigenvalue weighted by atomic mass is 19.1. The lowest BCUT2D eigenvalue weighted by Gasteiger charge is -2.06. The molecular weight excluding hydrogens is 235 g/mol. The summed E-state index contributed by atoms with van der Waals surface area (Å²) in [6.45, 7) is 2.18. The van der Waals surface area contributed by atoms with Crippen molar-refractivity contribution in [3.8, 4) is 0 Å². The first-order valence-corrected chi connectivity index (χ1v) is 5.89. The third-order valence-corrected chi connectivity index (χ3v) is 2.42. The van der Waals surface area contributed by atoms with Crippen molar-refractivity contribution in [2.75, 3.05) is 13.1 Å². The molecule has 0 heterocycles. The Kier molecular flexibility index (Phi) is 5.84. The van der Waals surface area contributed by atoms with Crippen LogP contribution in [-0.2, 0) is 16.0 Å². The first kappa shape index (κ1) is 14.2. The number of carbonyl (C=O) groups excluding carboxylic acids is 2. The molecule has 5 heteroatoms. The standard InChI is InChI=1S/C13H17FN2O2/c1-2-12(17)16-9-13(18)15-8-7-10-3-5-11(14)6-4-10/h3-6H,2,7-9H2,1H3,(H,15,18)(H,16,17). The van der Waals surface area contributed by atoms with Gasteiger partial charge in [0.25, 0.3) is 0 Å². The zero-order chi connectivity index (χ0) is 13.4. The molecule has 0 atom stereocenters. The Bertz CT molecular complexity index is 404. The lowest BCUT2D eigenvalue weighted by atomic mass is 10.1. The maximum atomic E-state index is 12.6. The van der Waals surface area contributed by atoms with Crippen LogP contribution in [0.25, 0.3) is 0 Å². The zero-order valence-electron chi connectivity index (χ0n) is 10.3. The molecule has 0 unspecified atom stereocenters. The largest absolute Gasteiger partial charge is 0.354 e. The highest BCUT2D eigenvalue weighted by Gasteiger charge is 2.03. The summed E-state index contributed by atoms with van der Waals surface area (Å²) >= 11 is 0. The maximum absolute atomic E-state index is 12.6. The molecule has 0 aromatic heterocycles. The van der Waals surface area contributed by atoms with E-state index in [1.54, 1.807) is 19.1 Å². The molecule has 1 aromatic carbocycles. The molecular formula is C13H17FN2O2. The van der Waals surface area contributed by atoms with E-state index in [1.165, 1.54) is 12.1 Å². The van der Waals surface area contributed by atoms with Gasteiger partial charge in [-0.1, -0.05) is 19.1 Å². The smallest absolute Gasteiger partial charge is 0.239 e.